The van der Waals surface area contributed by atoms with Gasteiger partial charge in [-0.15, -0.1) is 0 Å². The molecule has 2 aromatic carbocycles. The first kappa shape index (κ1) is 18.1. The number of rotatable bonds is 6. The summed E-state index contributed by atoms with van der Waals surface area (Å²) in [7, 11) is 0. The molecule has 1 amide bonds. The molecule has 0 saturated carbocycles. The van der Waals surface area contributed by atoms with Gasteiger partial charge < -0.3 is 10.1 Å². The van der Waals surface area contributed by atoms with Crippen LogP contribution in [0.4, 0.5) is 0 Å². The monoisotopic (exact) mass is 325 g/mol. The number of para-hydroxylation sites is 1. The zero-order valence-corrected chi connectivity index (χ0v) is 15.2. The number of carbonyl (C=O) groups excluding carboxylic acids is 1. The lowest BCUT2D eigenvalue weighted by molar-refractivity contribution is -0.128. The summed E-state index contributed by atoms with van der Waals surface area (Å²) in [6.45, 7) is 10.0. The van der Waals surface area contributed by atoms with Gasteiger partial charge in [0.1, 0.15) is 5.75 Å². The third-order valence-corrected chi connectivity index (χ3v) is 4.29. The molecule has 2 rings (SSSR count). The smallest absolute Gasteiger partial charge is 0.261 e. The fourth-order valence-electron chi connectivity index (χ4n) is 2.84. The highest BCUT2D eigenvalue weighted by molar-refractivity contribution is 5.81. The maximum Gasteiger partial charge on any atom is 0.261 e. The van der Waals surface area contributed by atoms with Gasteiger partial charge in [0.25, 0.3) is 5.91 Å². The van der Waals surface area contributed by atoms with Crippen molar-refractivity contribution in [3.05, 3.63) is 64.7 Å². The van der Waals surface area contributed by atoms with E-state index in [1.807, 2.05) is 31.2 Å². The van der Waals surface area contributed by atoms with E-state index in [2.05, 4.69) is 44.3 Å². The average Bonchev–Trinajstić information content (AvgIpc) is 2.55. The summed E-state index contributed by atoms with van der Waals surface area (Å²) < 4.78 is 5.83. The van der Waals surface area contributed by atoms with Gasteiger partial charge in [0.15, 0.2) is 6.10 Å². The van der Waals surface area contributed by atoms with Crippen LogP contribution in [-0.4, -0.2) is 12.0 Å². The van der Waals surface area contributed by atoms with Crippen molar-refractivity contribution in [1.82, 2.24) is 5.32 Å². The lowest BCUT2D eigenvalue weighted by Crippen LogP contribution is -2.38. The Labute approximate surface area is 145 Å². The van der Waals surface area contributed by atoms with E-state index in [4.69, 9.17) is 4.74 Å². The third kappa shape index (κ3) is 4.38. The maximum absolute atomic E-state index is 12.5. The lowest BCUT2D eigenvalue weighted by atomic mass is 9.97. The van der Waals surface area contributed by atoms with Crippen LogP contribution in [0, 0.1) is 20.8 Å². The summed E-state index contributed by atoms with van der Waals surface area (Å²) in [5, 5.41) is 3.12. The maximum atomic E-state index is 12.5. The van der Waals surface area contributed by atoms with Crippen LogP contribution < -0.4 is 10.1 Å². The predicted molar refractivity (Wildman–Crippen MR) is 98.4 cm³/mol. The highest BCUT2D eigenvalue weighted by Gasteiger charge is 2.20. The van der Waals surface area contributed by atoms with Gasteiger partial charge in [-0.05, 0) is 56.9 Å². The van der Waals surface area contributed by atoms with Crippen molar-refractivity contribution in [3.63, 3.8) is 0 Å². The molecule has 3 heteroatoms. The van der Waals surface area contributed by atoms with Crippen molar-refractivity contribution in [2.24, 2.45) is 0 Å². The van der Waals surface area contributed by atoms with Crippen molar-refractivity contribution >= 4 is 5.91 Å². The zero-order chi connectivity index (χ0) is 17.7. The zero-order valence-electron chi connectivity index (χ0n) is 15.2. The first-order valence-corrected chi connectivity index (χ1v) is 8.52. The second-order valence-corrected chi connectivity index (χ2v) is 6.36. The average molecular weight is 325 g/mol. The quantitative estimate of drug-likeness (QED) is 0.840. The molecule has 0 bridgehead atoms. The molecule has 2 aromatic rings. The largest absolute Gasteiger partial charge is 0.481 e. The van der Waals surface area contributed by atoms with E-state index in [1.165, 1.54) is 16.7 Å². The van der Waals surface area contributed by atoms with Crippen molar-refractivity contribution in [3.8, 4) is 5.75 Å². The minimum atomic E-state index is -0.536. The first-order chi connectivity index (χ1) is 11.4. The number of hydrogen-bond donors (Lipinski definition) is 1. The van der Waals surface area contributed by atoms with E-state index in [-0.39, 0.29) is 11.9 Å². The Bertz CT molecular complexity index is 709. The summed E-state index contributed by atoms with van der Waals surface area (Å²) in [6, 6.07) is 14.1. The lowest BCUT2D eigenvalue weighted by Gasteiger charge is -2.23. The third-order valence-electron chi connectivity index (χ3n) is 4.29. The highest BCUT2D eigenvalue weighted by atomic mass is 16.5. The molecule has 0 fully saturated rings. The van der Waals surface area contributed by atoms with Crippen LogP contribution in [0.5, 0.6) is 5.75 Å². The standard InChI is InChI=1S/C21H27NO2/c1-6-19(18-12-11-14(2)13-16(18)4)22-21(23)17(5)24-20-10-8-7-9-15(20)3/h7-13,17,19H,6H2,1-5H3,(H,22,23)/t17-,19-/m1/s1. The molecule has 0 aliphatic rings. The summed E-state index contributed by atoms with van der Waals surface area (Å²) >= 11 is 0. The summed E-state index contributed by atoms with van der Waals surface area (Å²) in [5.41, 5.74) is 4.63. The van der Waals surface area contributed by atoms with E-state index < -0.39 is 6.10 Å². The fourth-order valence-corrected chi connectivity index (χ4v) is 2.84. The van der Waals surface area contributed by atoms with Crippen LogP contribution >= 0.6 is 0 Å². The molecule has 0 aliphatic heterocycles. The van der Waals surface area contributed by atoms with Crippen molar-refractivity contribution in [2.45, 2.75) is 53.2 Å². The van der Waals surface area contributed by atoms with Crippen molar-refractivity contribution < 1.29 is 9.53 Å². The highest BCUT2D eigenvalue weighted by Crippen LogP contribution is 2.23. The second kappa shape index (κ2) is 8.00. The number of hydrogen-bond acceptors (Lipinski definition) is 2. The molecular weight excluding hydrogens is 298 g/mol. The number of benzene rings is 2. The molecule has 128 valence electrons. The molecule has 0 spiro atoms. The Kier molecular flexibility index (Phi) is 6.02. The number of aryl methyl sites for hydroxylation is 3. The normalized spacial score (nSPS) is 13.2. The van der Waals surface area contributed by atoms with E-state index in [0.29, 0.717) is 0 Å². The van der Waals surface area contributed by atoms with Crippen LogP contribution in [0.15, 0.2) is 42.5 Å². The molecule has 0 radical (unpaired) electrons. The van der Waals surface area contributed by atoms with Crippen LogP contribution in [-0.2, 0) is 4.79 Å². The molecule has 2 atom stereocenters. The topological polar surface area (TPSA) is 38.3 Å². The van der Waals surface area contributed by atoms with Crippen molar-refractivity contribution in [2.75, 3.05) is 0 Å². The van der Waals surface area contributed by atoms with Gasteiger partial charge in [-0.3, -0.25) is 4.79 Å². The minimum Gasteiger partial charge on any atom is -0.481 e. The molecule has 0 heterocycles. The molecule has 3 nitrogen and oxygen atoms in total. The number of amides is 1. The Morgan fingerprint density at radius 3 is 2.42 bits per heavy atom. The van der Waals surface area contributed by atoms with Gasteiger partial charge >= 0.3 is 0 Å². The van der Waals surface area contributed by atoms with Gasteiger partial charge in [-0.1, -0.05) is 48.9 Å². The predicted octanol–water partition coefficient (Wildman–Crippen LogP) is 4.65. The summed E-state index contributed by atoms with van der Waals surface area (Å²) in [6.07, 6.45) is 0.304. The Morgan fingerprint density at radius 2 is 1.79 bits per heavy atom. The molecule has 0 unspecified atom stereocenters. The van der Waals surface area contributed by atoms with Gasteiger partial charge in [0, 0.05) is 0 Å². The molecule has 24 heavy (non-hydrogen) atoms. The number of carbonyl (C=O) groups is 1. The van der Waals surface area contributed by atoms with Crippen molar-refractivity contribution in [1.29, 1.82) is 0 Å². The van der Waals surface area contributed by atoms with E-state index in [1.54, 1.807) is 6.92 Å². The molecule has 0 aliphatic carbocycles. The van der Waals surface area contributed by atoms with Gasteiger partial charge in [0.05, 0.1) is 6.04 Å². The number of nitrogens with one attached hydrogen (secondary N) is 1. The van der Waals surface area contributed by atoms with E-state index >= 15 is 0 Å². The first-order valence-electron chi connectivity index (χ1n) is 8.52. The van der Waals surface area contributed by atoms with Gasteiger partial charge in [-0.25, -0.2) is 0 Å². The Morgan fingerprint density at radius 1 is 1.08 bits per heavy atom. The molecule has 1 N–H and O–H groups in total. The SMILES string of the molecule is CC[C@@H](NC(=O)[C@@H](C)Oc1ccccc1C)c1ccc(C)cc1C. The van der Waals surface area contributed by atoms with Crippen LogP contribution in [0.3, 0.4) is 0 Å². The minimum absolute atomic E-state index is 0.000945. The molecular formula is C21H27NO2. The molecule has 0 saturated heterocycles. The number of ether oxygens (including phenoxy) is 1. The van der Waals surface area contributed by atoms with Crippen LogP contribution in [0.25, 0.3) is 0 Å². The van der Waals surface area contributed by atoms with Crippen LogP contribution in [0.1, 0.15) is 48.6 Å². The molecule has 0 aromatic heterocycles. The van der Waals surface area contributed by atoms with E-state index in [9.17, 15) is 4.79 Å². The van der Waals surface area contributed by atoms with E-state index in [0.717, 1.165) is 17.7 Å². The van der Waals surface area contributed by atoms with Gasteiger partial charge in [0.2, 0.25) is 0 Å². The van der Waals surface area contributed by atoms with Crippen LogP contribution in [0.2, 0.25) is 0 Å². The van der Waals surface area contributed by atoms with Gasteiger partial charge in [-0.2, -0.15) is 0 Å². The fraction of sp³-hybridized carbons (Fsp3) is 0.381. The second-order valence-electron chi connectivity index (χ2n) is 6.36. The summed E-state index contributed by atoms with van der Waals surface area (Å²) in [5.74, 6) is 0.657. The Balaban J connectivity index is 2.07. The Hall–Kier alpha value is -2.29. The summed E-state index contributed by atoms with van der Waals surface area (Å²) in [4.78, 5) is 12.5.